The molecule has 1 aromatic heterocycles. The van der Waals surface area contributed by atoms with Crippen LogP contribution < -0.4 is 0 Å². The Hall–Kier alpha value is -2.45. The quantitative estimate of drug-likeness (QED) is 0.426. The molecule has 0 atom stereocenters. The highest BCUT2D eigenvalue weighted by Crippen LogP contribution is 2.34. The lowest BCUT2D eigenvalue weighted by Gasteiger charge is -2.16. The van der Waals surface area contributed by atoms with Crippen LogP contribution in [-0.2, 0) is 0 Å². The van der Waals surface area contributed by atoms with E-state index in [4.69, 9.17) is 21.6 Å². The molecule has 0 unspecified atom stereocenters. The Kier molecular flexibility index (Phi) is 6.08. The summed E-state index contributed by atoms with van der Waals surface area (Å²) in [5.74, 6) is 0.830. The van der Waals surface area contributed by atoms with Gasteiger partial charge in [-0.05, 0) is 41.2 Å². The van der Waals surface area contributed by atoms with Crippen molar-refractivity contribution < 1.29 is 0 Å². The highest BCUT2D eigenvalue weighted by Gasteiger charge is 2.12. The zero-order valence-corrected chi connectivity index (χ0v) is 17.0. The van der Waals surface area contributed by atoms with Crippen LogP contribution in [0.1, 0.15) is 56.4 Å². The lowest BCUT2D eigenvalue weighted by atomic mass is 9.93. The molecule has 0 bridgehead atoms. The number of nitrogens with zero attached hydrogens (tertiary/aromatic N) is 2. The van der Waals surface area contributed by atoms with Crippen molar-refractivity contribution in [1.82, 2.24) is 4.98 Å². The molecule has 138 valence electrons. The first-order valence-electron chi connectivity index (χ1n) is 9.36. The van der Waals surface area contributed by atoms with Crippen LogP contribution >= 0.6 is 11.6 Å². The second kappa shape index (κ2) is 8.49. The second-order valence-electron chi connectivity index (χ2n) is 7.28. The molecule has 0 fully saturated rings. The van der Waals surface area contributed by atoms with E-state index in [1.165, 1.54) is 11.1 Å². The average Bonchev–Trinajstić information content (AvgIpc) is 2.66. The number of hydrogen-bond acceptors (Lipinski definition) is 2. The van der Waals surface area contributed by atoms with Crippen LogP contribution in [0.5, 0.6) is 0 Å². The normalized spacial score (nSPS) is 11.7. The Bertz CT molecular complexity index is 932. The van der Waals surface area contributed by atoms with E-state index in [-0.39, 0.29) is 0 Å². The highest BCUT2D eigenvalue weighted by atomic mass is 35.5. The third-order valence-corrected chi connectivity index (χ3v) is 4.92. The molecule has 0 amide bonds. The summed E-state index contributed by atoms with van der Waals surface area (Å²) in [6.07, 6.45) is 1.85. The van der Waals surface area contributed by atoms with E-state index in [1.807, 2.05) is 48.7 Å². The smallest absolute Gasteiger partial charge is 0.0820 e. The molecule has 2 aromatic carbocycles. The molecule has 0 spiro atoms. The van der Waals surface area contributed by atoms with Crippen molar-refractivity contribution in [3.05, 3.63) is 82.5 Å². The zero-order valence-electron chi connectivity index (χ0n) is 16.3. The highest BCUT2D eigenvalue weighted by molar-refractivity contribution is 6.33. The summed E-state index contributed by atoms with van der Waals surface area (Å²) in [6.45, 7) is 8.81. The van der Waals surface area contributed by atoms with Gasteiger partial charge in [-0.1, -0.05) is 81.8 Å². The van der Waals surface area contributed by atoms with Crippen LogP contribution in [0.4, 0.5) is 5.69 Å². The van der Waals surface area contributed by atoms with E-state index in [1.54, 1.807) is 0 Å². The van der Waals surface area contributed by atoms with Gasteiger partial charge in [-0.25, -0.2) is 4.98 Å². The van der Waals surface area contributed by atoms with Crippen LogP contribution in [0.2, 0.25) is 5.02 Å². The molecule has 0 saturated heterocycles. The fourth-order valence-electron chi connectivity index (χ4n) is 3.13. The number of aliphatic imine (C=N–C) groups is 1. The van der Waals surface area contributed by atoms with Gasteiger partial charge in [0, 0.05) is 10.6 Å². The zero-order chi connectivity index (χ0) is 19.4. The predicted octanol–water partition coefficient (Wildman–Crippen LogP) is 7.40. The van der Waals surface area contributed by atoms with Gasteiger partial charge in [-0.15, -0.1) is 0 Å². The summed E-state index contributed by atoms with van der Waals surface area (Å²) in [5.41, 5.74) is 6.19. The Morgan fingerprint density at radius 1 is 0.815 bits per heavy atom. The van der Waals surface area contributed by atoms with Crippen molar-refractivity contribution >= 4 is 23.5 Å². The molecule has 0 radical (unpaired) electrons. The lowest BCUT2D eigenvalue weighted by Crippen LogP contribution is -1.96. The number of aromatic nitrogens is 1. The van der Waals surface area contributed by atoms with E-state index >= 15 is 0 Å². The molecule has 0 aliphatic heterocycles. The molecule has 0 aliphatic carbocycles. The van der Waals surface area contributed by atoms with E-state index < -0.39 is 0 Å². The minimum atomic E-state index is 0.415. The van der Waals surface area contributed by atoms with Crippen molar-refractivity contribution in [2.24, 2.45) is 4.99 Å². The number of rotatable bonds is 5. The molecular formula is C24H25ClN2. The van der Waals surface area contributed by atoms with Crippen LogP contribution in [0.15, 0.2) is 65.7 Å². The van der Waals surface area contributed by atoms with Crippen molar-refractivity contribution in [3.8, 4) is 11.3 Å². The van der Waals surface area contributed by atoms with E-state index in [0.717, 1.165) is 22.6 Å². The summed E-state index contributed by atoms with van der Waals surface area (Å²) in [7, 11) is 0. The van der Waals surface area contributed by atoms with Gasteiger partial charge in [-0.2, -0.15) is 0 Å². The van der Waals surface area contributed by atoms with E-state index in [2.05, 4.69) is 45.9 Å². The number of hydrogen-bond donors (Lipinski definition) is 0. The van der Waals surface area contributed by atoms with Crippen LogP contribution in [0.25, 0.3) is 11.3 Å². The molecule has 3 rings (SSSR count). The Labute approximate surface area is 167 Å². The molecule has 3 heteroatoms. The third-order valence-electron chi connectivity index (χ3n) is 4.59. The van der Waals surface area contributed by atoms with E-state index in [9.17, 15) is 0 Å². The van der Waals surface area contributed by atoms with Crippen molar-refractivity contribution in [3.63, 3.8) is 0 Å². The Morgan fingerprint density at radius 3 is 2.07 bits per heavy atom. The molecule has 2 nitrogen and oxygen atoms in total. The first-order chi connectivity index (χ1) is 13.0. The summed E-state index contributed by atoms with van der Waals surface area (Å²) in [6, 6.07) is 20.1. The molecule has 27 heavy (non-hydrogen) atoms. The monoisotopic (exact) mass is 376 g/mol. The number of benzene rings is 2. The van der Waals surface area contributed by atoms with Crippen LogP contribution in [0.3, 0.4) is 0 Å². The molecule has 1 heterocycles. The fraction of sp³-hybridized carbons (Fsp3) is 0.250. The molecule has 3 aromatic rings. The van der Waals surface area contributed by atoms with Gasteiger partial charge < -0.3 is 0 Å². The first kappa shape index (κ1) is 19.3. The third kappa shape index (κ3) is 4.45. The standard InChI is InChI=1S/C24H25ClN2/c1-16(2)19-11-8-12-20(17(3)4)24(19)26-15-18-9-7-14-23(27-18)21-10-5-6-13-22(21)25/h5-17H,1-4H3/b26-15+. The van der Waals surface area contributed by atoms with Gasteiger partial charge >= 0.3 is 0 Å². The Balaban J connectivity index is 2.01. The summed E-state index contributed by atoms with van der Waals surface area (Å²) < 4.78 is 0. The summed E-state index contributed by atoms with van der Waals surface area (Å²) in [5, 5.41) is 0.700. The van der Waals surface area contributed by atoms with E-state index in [0.29, 0.717) is 16.9 Å². The molecule has 0 N–H and O–H groups in total. The van der Waals surface area contributed by atoms with Crippen LogP contribution in [-0.4, -0.2) is 11.2 Å². The average molecular weight is 377 g/mol. The topological polar surface area (TPSA) is 25.2 Å². The maximum absolute atomic E-state index is 6.32. The lowest BCUT2D eigenvalue weighted by molar-refractivity contribution is 0.835. The van der Waals surface area contributed by atoms with Crippen LogP contribution in [0, 0.1) is 0 Å². The Morgan fingerprint density at radius 2 is 1.44 bits per heavy atom. The van der Waals surface area contributed by atoms with Crippen molar-refractivity contribution in [1.29, 1.82) is 0 Å². The fourth-order valence-corrected chi connectivity index (χ4v) is 3.37. The molecule has 0 aliphatic rings. The number of para-hydroxylation sites is 1. The number of halogens is 1. The predicted molar refractivity (Wildman–Crippen MR) is 117 cm³/mol. The van der Waals surface area contributed by atoms with Gasteiger partial charge in [0.15, 0.2) is 0 Å². The summed E-state index contributed by atoms with van der Waals surface area (Å²) in [4.78, 5) is 9.59. The minimum Gasteiger partial charge on any atom is -0.254 e. The maximum atomic E-state index is 6.32. The van der Waals surface area contributed by atoms with Gasteiger partial charge in [0.25, 0.3) is 0 Å². The molecular weight excluding hydrogens is 352 g/mol. The van der Waals surface area contributed by atoms with Crippen molar-refractivity contribution in [2.45, 2.75) is 39.5 Å². The van der Waals surface area contributed by atoms with Gasteiger partial charge in [0.2, 0.25) is 0 Å². The number of pyridine rings is 1. The van der Waals surface area contributed by atoms with Gasteiger partial charge in [0.1, 0.15) is 0 Å². The SMILES string of the molecule is CC(C)c1cccc(C(C)C)c1/N=C/c1cccc(-c2ccccc2Cl)n1. The first-order valence-corrected chi connectivity index (χ1v) is 9.74. The van der Waals surface area contributed by atoms with Gasteiger partial charge in [0.05, 0.1) is 23.3 Å². The minimum absolute atomic E-state index is 0.415. The molecule has 0 saturated carbocycles. The maximum Gasteiger partial charge on any atom is 0.0820 e. The second-order valence-corrected chi connectivity index (χ2v) is 7.69. The van der Waals surface area contributed by atoms with Crippen molar-refractivity contribution in [2.75, 3.05) is 0 Å². The van der Waals surface area contributed by atoms with Gasteiger partial charge in [-0.3, -0.25) is 4.99 Å². The largest absolute Gasteiger partial charge is 0.254 e. The summed E-state index contributed by atoms with van der Waals surface area (Å²) >= 11 is 6.32.